The highest BCUT2D eigenvalue weighted by atomic mass is 35.5. The summed E-state index contributed by atoms with van der Waals surface area (Å²) in [7, 11) is 1.78. The molecule has 0 radical (unpaired) electrons. The van der Waals surface area contributed by atoms with Crippen LogP contribution in [0.15, 0.2) is 12.1 Å². The smallest absolute Gasteiger partial charge is 0.0613 e. The molecule has 4 heteroatoms. The zero-order chi connectivity index (χ0) is 10.0. The van der Waals surface area contributed by atoms with Crippen molar-refractivity contribution < 1.29 is 0 Å². The number of halogens is 2. The predicted octanol–water partition coefficient (Wildman–Crippen LogP) is 3.42. The van der Waals surface area contributed by atoms with Gasteiger partial charge in [0.1, 0.15) is 0 Å². The summed E-state index contributed by atoms with van der Waals surface area (Å²) in [5.41, 5.74) is 2.06. The summed E-state index contributed by atoms with van der Waals surface area (Å²) in [5.74, 6) is 0. The second kappa shape index (κ2) is 3.99. The van der Waals surface area contributed by atoms with E-state index in [-0.39, 0.29) is 0 Å². The van der Waals surface area contributed by atoms with Crippen molar-refractivity contribution in [2.24, 2.45) is 0 Å². The molecule has 0 unspecified atom stereocenters. The minimum atomic E-state index is 0.461. The first-order valence-electron chi connectivity index (χ1n) is 3.78. The van der Waals surface area contributed by atoms with E-state index in [9.17, 15) is 0 Å². The molecule has 0 aliphatic rings. The van der Waals surface area contributed by atoms with Crippen LogP contribution in [0.5, 0.6) is 0 Å². The molecule has 2 nitrogen and oxygen atoms in total. The summed E-state index contributed by atoms with van der Waals surface area (Å²) in [4.78, 5) is 0. The van der Waals surface area contributed by atoms with Gasteiger partial charge < -0.3 is 10.7 Å². The van der Waals surface area contributed by atoms with E-state index in [1.807, 2.05) is 0 Å². The molecular formula is C9H10Cl2N2. The summed E-state index contributed by atoms with van der Waals surface area (Å²) >= 11 is 11.7. The van der Waals surface area contributed by atoms with Crippen LogP contribution in [0, 0.1) is 5.41 Å². The second-order valence-electron chi connectivity index (χ2n) is 2.69. The Morgan fingerprint density at radius 3 is 2.31 bits per heavy atom. The fraction of sp³-hybridized carbons (Fsp3) is 0.222. The van der Waals surface area contributed by atoms with Gasteiger partial charge in [-0.05, 0) is 19.1 Å². The minimum absolute atomic E-state index is 0.461. The van der Waals surface area contributed by atoms with Crippen LogP contribution in [0.1, 0.15) is 12.5 Å². The number of nitrogens with one attached hydrogen (secondary N) is 2. The fourth-order valence-corrected chi connectivity index (χ4v) is 1.39. The number of hydrogen-bond donors (Lipinski definition) is 2. The van der Waals surface area contributed by atoms with Gasteiger partial charge in [0.15, 0.2) is 0 Å². The van der Waals surface area contributed by atoms with E-state index in [0.717, 1.165) is 11.3 Å². The van der Waals surface area contributed by atoms with Crippen LogP contribution in [-0.4, -0.2) is 12.8 Å². The molecule has 0 aliphatic heterocycles. The van der Waals surface area contributed by atoms with Crippen molar-refractivity contribution in [2.45, 2.75) is 6.92 Å². The Morgan fingerprint density at radius 2 is 1.85 bits per heavy atom. The van der Waals surface area contributed by atoms with Gasteiger partial charge in [-0.25, -0.2) is 0 Å². The molecule has 1 rings (SSSR count). The molecule has 0 fully saturated rings. The molecule has 0 atom stereocenters. The Morgan fingerprint density at radius 1 is 1.31 bits per heavy atom. The van der Waals surface area contributed by atoms with Crippen molar-refractivity contribution in [3.8, 4) is 0 Å². The average Bonchev–Trinajstić information content (AvgIpc) is 2.08. The lowest BCUT2D eigenvalue weighted by Crippen LogP contribution is -2.00. The van der Waals surface area contributed by atoms with Gasteiger partial charge in [0.2, 0.25) is 0 Å². The molecule has 0 bridgehead atoms. The molecule has 0 saturated carbocycles. The Kier molecular flexibility index (Phi) is 3.17. The third-order valence-electron chi connectivity index (χ3n) is 1.73. The molecule has 1 aromatic carbocycles. The maximum atomic E-state index is 7.50. The summed E-state index contributed by atoms with van der Waals surface area (Å²) in [6.45, 7) is 1.71. The topological polar surface area (TPSA) is 35.9 Å². The average molecular weight is 217 g/mol. The lowest BCUT2D eigenvalue weighted by Gasteiger charge is -2.09. The fourth-order valence-electron chi connectivity index (χ4n) is 1.06. The van der Waals surface area contributed by atoms with Crippen molar-refractivity contribution in [3.05, 3.63) is 27.7 Å². The van der Waals surface area contributed by atoms with Crippen LogP contribution in [-0.2, 0) is 0 Å². The largest absolute Gasteiger partial charge is 0.388 e. The Bertz CT molecular complexity index is 348. The molecule has 1 aromatic rings. The van der Waals surface area contributed by atoms with Crippen molar-refractivity contribution >= 4 is 34.6 Å². The van der Waals surface area contributed by atoms with Crippen LogP contribution >= 0.6 is 23.2 Å². The Labute approximate surface area is 87.4 Å². The summed E-state index contributed by atoms with van der Waals surface area (Å²) in [6, 6.07) is 3.41. The van der Waals surface area contributed by atoms with E-state index in [1.165, 1.54) is 0 Å². The van der Waals surface area contributed by atoms with E-state index in [2.05, 4.69) is 5.32 Å². The maximum absolute atomic E-state index is 7.50. The van der Waals surface area contributed by atoms with Gasteiger partial charge in [0.05, 0.1) is 10.0 Å². The minimum Gasteiger partial charge on any atom is -0.388 e. The summed E-state index contributed by atoms with van der Waals surface area (Å²) in [5, 5.41) is 11.4. The first-order valence-corrected chi connectivity index (χ1v) is 4.54. The number of rotatable bonds is 2. The molecule has 0 heterocycles. The third kappa shape index (κ3) is 2.14. The highest BCUT2D eigenvalue weighted by Gasteiger charge is 2.07. The first-order chi connectivity index (χ1) is 6.06. The zero-order valence-electron chi connectivity index (χ0n) is 7.41. The monoisotopic (exact) mass is 216 g/mol. The van der Waals surface area contributed by atoms with Gasteiger partial charge in [-0.3, -0.25) is 0 Å². The van der Waals surface area contributed by atoms with Crippen molar-refractivity contribution in [2.75, 3.05) is 12.4 Å². The van der Waals surface area contributed by atoms with Crippen molar-refractivity contribution in [1.82, 2.24) is 0 Å². The Hall–Kier alpha value is -0.730. The van der Waals surface area contributed by atoms with Crippen LogP contribution in [0.3, 0.4) is 0 Å². The second-order valence-corrected chi connectivity index (χ2v) is 3.50. The van der Waals surface area contributed by atoms with E-state index in [1.54, 1.807) is 26.1 Å². The summed E-state index contributed by atoms with van der Waals surface area (Å²) in [6.07, 6.45) is 0. The summed E-state index contributed by atoms with van der Waals surface area (Å²) < 4.78 is 0. The van der Waals surface area contributed by atoms with E-state index < -0.39 is 0 Å². The van der Waals surface area contributed by atoms with Gasteiger partial charge in [0.25, 0.3) is 0 Å². The third-order valence-corrected chi connectivity index (χ3v) is 2.46. The lowest BCUT2D eigenvalue weighted by molar-refractivity contribution is 1.42. The van der Waals surface area contributed by atoms with Crippen LogP contribution < -0.4 is 5.32 Å². The van der Waals surface area contributed by atoms with E-state index in [4.69, 9.17) is 28.6 Å². The van der Waals surface area contributed by atoms with Crippen LogP contribution in [0.25, 0.3) is 0 Å². The molecular weight excluding hydrogens is 207 g/mol. The molecule has 70 valence electrons. The first kappa shape index (κ1) is 10.4. The zero-order valence-corrected chi connectivity index (χ0v) is 8.92. The van der Waals surface area contributed by atoms with Gasteiger partial charge in [0, 0.05) is 24.0 Å². The van der Waals surface area contributed by atoms with E-state index in [0.29, 0.717) is 15.8 Å². The highest BCUT2D eigenvalue weighted by molar-refractivity contribution is 6.42. The molecule has 13 heavy (non-hydrogen) atoms. The molecule has 0 aromatic heterocycles. The normalized spacial score (nSPS) is 9.85. The van der Waals surface area contributed by atoms with Crippen LogP contribution in [0.4, 0.5) is 5.69 Å². The highest BCUT2D eigenvalue weighted by Crippen LogP contribution is 2.28. The van der Waals surface area contributed by atoms with Crippen molar-refractivity contribution in [3.63, 3.8) is 0 Å². The SMILES string of the molecule is CNc1cc(Cl)c(Cl)cc1C(C)=N. The molecule has 2 N–H and O–H groups in total. The van der Waals surface area contributed by atoms with E-state index >= 15 is 0 Å². The predicted molar refractivity (Wildman–Crippen MR) is 58.5 cm³/mol. The lowest BCUT2D eigenvalue weighted by atomic mass is 10.1. The molecule has 0 spiro atoms. The molecule has 0 saturated heterocycles. The van der Waals surface area contributed by atoms with Crippen molar-refractivity contribution in [1.29, 1.82) is 5.41 Å². The standard InChI is InChI=1S/C9H10Cl2N2/c1-5(12)6-3-7(10)8(11)4-9(6)13-2/h3-4,12-13H,1-2H3. The molecule has 0 amide bonds. The molecule has 0 aliphatic carbocycles. The number of anilines is 1. The van der Waals surface area contributed by atoms with Gasteiger partial charge in [-0.1, -0.05) is 23.2 Å². The van der Waals surface area contributed by atoms with Gasteiger partial charge >= 0.3 is 0 Å². The van der Waals surface area contributed by atoms with Gasteiger partial charge in [-0.2, -0.15) is 0 Å². The van der Waals surface area contributed by atoms with Crippen LogP contribution in [0.2, 0.25) is 10.0 Å². The number of hydrogen-bond acceptors (Lipinski definition) is 2. The quantitative estimate of drug-likeness (QED) is 0.731. The maximum Gasteiger partial charge on any atom is 0.0613 e. The van der Waals surface area contributed by atoms with Gasteiger partial charge in [-0.15, -0.1) is 0 Å². The Balaban J connectivity index is 3.33. The number of benzene rings is 1.